The van der Waals surface area contributed by atoms with E-state index in [0.717, 1.165) is 27.4 Å². The van der Waals surface area contributed by atoms with Crippen LogP contribution in [0.15, 0.2) is 42.5 Å². The Morgan fingerprint density at radius 3 is 2.82 bits per heavy atom. The fourth-order valence-corrected chi connectivity index (χ4v) is 2.47. The van der Waals surface area contributed by atoms with Crippen LogP contribution in [0.25, 0.3) is 22.4 Å². The number of aromatic amines is 1. The third-order valence-electron chi connectivity index (χ3n) is 2.54. The fourth-order valence-electron chi connectivity index (χ4n) is 1.75. The maximum Gasteiger partial charge on any atom is 0.138 e. The highest BCUT2D eigenvalue weighted by atomic mass is 127. The molecule has 0 saturated carbocycles. The van der Waals surface area contributed by atoms with Crippen LogP contribution in [-0.2, 0) is 0 Å². The van der Waals surface area contributed by atoms with Gasteiger partial charge in [0, 0.05) is 14.2 Å². The molecule has 0 aliphatic carbocycles. The van der Waals surface area contributed by atoms with E-state index in [2.05, 4.69) is 44.7 Å². The van der Waals surface area contributed by atoms with Gasteiger partial charge in [-0.3, -0.25) is 0 Å². The zero-order valence-corrected chi connectivity index (χ0v) is 11.7. The monoisotopic (exact) mass is 354 g/mol. The third-order valence-corrected chi connectivity index (χ3v) is 3.45. The molecule has 0 aliphatic heterocycles. The van der Waals surface area contributed by atoms with Gasteiger partial charge < -0.3 is 4.98 Å². The molecule has 0 fully saturated rings. The van der Waals surface area contributed by atoms with Crippen LogP contribution in [0.1, 0.15) is 0 Å². The number of aromatic nitrogens is 2. The molecule has 0 saturated heterocycles. The summed E-state index contributed by atoms with van der Waals surface area (Å²) in [5, 5.41) is 0.718. The second kappa shape index (κ2) is 4.31. The fraction of sp³-hybridized carbons (Fsp3) is 0. The number of imidazole rings is 1. The first-order chi connectivity index (χ1) is 8.22. The summed E-state index contributed by atoms with van der Waals surface area (Å²) in [6.45, 7) is 0. The number of benzene rings is 2. The van der Waals surface area contributed by atoms with Gasteiger partial charge in [-0.05, 0) is 52.9 Å². The van der Waals surface area contributed by atoms with Crippen molar-refractivity contribution in [1.82, 2.24) is 9.97 Å². The van der Waals surface area contributed by atoms with Crippen molar-refractivity contribution >= 4 is 45.2 Å². The first-order valence-corrected chi connectivity index (χ1v) is 6.59. The molecule has 0 radical (unpaired) electrons. The molecule has 0 spiro atoms. The number of hydrogen-bond donors (Lipinski definition) is 1. The molecular formula is C13H8ClIN2. The van der Waals surface area contributed by atoms with E-state index >= 15 is 0 Å². The van der Waals surface area contributed by atoms with Gasteiger partial charge in [-0.15, -0.1) is 0 Å². The van der Waals surface area contributed by atoms with Gasteiger partial charge in [0.1, 0.15) is 5.82 Å². The molecule has 84 valence electrons. The van der Waals surface area contributed by atoms with Crippen LogP contribution in [0, 0.1) is 3.57 Å². The summed E-state index contributed by atoms with van der Waals surface area (Å²) >= 11 is 8.24. The van der Waals surface area contributed by atoms with Crippen molar-refractivity contribution in [2.75, 3.05) is 0 Å². The molecular weight excluding hydrogens is 347 g/mol. The molecule has 0 aliphatic rings. The maximum atomic E-state index is 5.95. The van der Waals surface area contributed by atoms with Crippen LogP contribution in [0.5, 0.6) is 0 Å². The zero-order chi connectivity index (χ0) is 11.8. The molecule has 4 heteroatoms. The quantitative estimate of drug-likeness (QED) is 0.641. The first-order valence-electron chi connectivity index (χ1n) is 5.13. The van der Waals surface area contributed by atoms with Crippen LogP contribution in [-0.4, -0.2) is 9.97 Å². The Morgan fingerprint density at radius 1 is 1.12 bits per heavy atom. The van der Waals surface area contributed by atoms with Gasteiger partial charge in [-0.1, -0.05) is 23.7 Å². The minimum atomic E-state index is 0.718. The van der Waals surface area contributed by atoms with E-state index in [9.17, 15) is 0 Å². The molecule has 1 aromatic heterocycles. The minimum absolute atomic E-state index is 0.718. The lowest BCUT2D eigenvalue weighted by Crippen LogP contribution is -1.80. The van der Waals surface area contributed by atoms with E-state index in [1.807, 2.05) is 30.3 Å². The molecule has 2 nitrogen and oxygen atoms in total. The Hall–Kier alpha value is -1.07. The van der Waals surface area contributed by atoms with Gasteiger partial charge in [-0.2, -0.15) is 0 Å². The zero-order valence-electron chi connectivity index (χ0n) is 8.74. The van der Waals surface area contributed by atoms with Crippen LogP contribution in [0.3, 0.4) is 0 Å². The second-order valence-corrected chi connectivity index (χ2v) is 5.44. The van der Waals surface area contributed by atoms with Crippen LogP contribution >= 0.6 is 34.2 Å². The smallest absolute Gasteiger partial charge is 0.138 e. The van der Waals surface area contributed by atoms with E-state index in [-0.39, 0.29) is 0 Å². The van der Waals surface area contributed by atoms with Gasteiger partial charge >= 0.3 is 0 Å². The predicted octanol–water partition coefficient (Wildman–Crippen LogP) is 4.49. The number of nitrogens with one attached hydrogen (secondary N) is 1. The second-order valence-electron chi connectivity index (χ2n) is 3.76. The molecule has 3 aromatic rings. The Bertz CT molecular complexity index is 691. The average molecular weight is 355 g/mol. The van der Waals surface area contributed by atoms with Gasteiger partial charge in [0.25, 0.3) is 0 Å². The lowest BCUT2D eigenvalue weighted by molar-refractivity contribution is 1.33. The lowest BCUT2D eigenvalue weighted by Gasteiger charge is -1.96. The third kappa shape index (κ3) is 2.17. The molecule has 0 bridgehead atoms. The van der Waals surface area contributed by atoms with Gasteiger partial charge in [-0.25, -0.2) is 4.98 Å². The number of nitrogens with zero attached hydrogens (tertiary/aromatic N) is 1. The standard InChI is InChI=1S/C13H8ClIN2/c14-9-4-5-11-12(7-9)17-13(16-11)8-2-1-3-10(15)6-8/h1-7H,(H,16,17). The number of hydrogen-bond acceptors (Lipinski definition) is 1. The first kappa shape index (κ1) is 11.0. The summed E-state index contributed by atoms with van der Waals surface area (Å²) in [5.74, 6) is 0.876. The summed E-state index contributed by atoms with van der Waals surface area (Å²) in [5.41, 5.74) is 2.99. The van der Waals surface area contributed by atoms with E-state index in [4.69, 9.17) is 11.6 Å². The molecule has 0 atom stereocenters. The number of rotatable bonds is 1. The number of fused-ring (bicyclic) bond motifs is 1. The largest absolute Gasteiger partial charge is 0.338 e. The lowest BCUT2D eigenvalue weighted by atomic mass is 10.2. The topological polar surface area (TPSA) is 28.7 Å². The Kier molecular flexibility index (Phi) is 2.80. The highest BCUT2D eigenvalue weighted by Gasteiger charge is 2.05. The highest BCUT2D eigenvalue weighted by molar-refractivity contribution is 14.1. The summed E-state index contributed by atoms with van der Waals surface area (Å²) in [7, 11) is 0. The summed E-state index contributed by atoms with van der Waals surface area (Å²) in [4.78, 5) is 7.83. The predicted molar refractivity (Wildman–Crippen MR) is 79.3 cm³/mol. The molecule has 0 amide bonds. The van der Waals surface area contributed by atoms with Crippen molar-refractivity contribution < 1.29 is 0 Å². The minimum Gasteiger partial charge on any atom is -0.338 e. The summed E-state index contributed by atoms with van der Waals surface area (Å²) in [6.07, 6.45) is 0. The SMILES string of the molecule is Clc1ccc2nc(-c3cccc(I)c3)[nH]c2c1. The van der Waals surface area contributed by atoms with Crippen LogP contribution in [0.2, 0.25) is 5.02 Å². The number of halogens is 2. The highest BCUT2D eigenvalue weighted by Crippen LogP contribution is 2.23. The van der Waals surface area contributed by atoms with Crippen molar-refractivity contribution in [3.05, 3.63) is 51.1 Å². The van der Waals surface area contributed by atoms with Gasteiger partial charge in [0.15, 0.2) is 0 Å². The van der Waals surface area contributed by atoms with Crippen LogP contribution < -0.4 is 0 Å². The molecule has 0 unspecified atom stereocenters. The van der Waals surface area contributed by atoms with Crippen molar-refractivity contribution in [2.45, 2.75) is 0 Å². The van der Waals surface area contributed by atoms with Crippen molar-refractivity contribution in [2.24, 2.45) is 0 Å². The number of H-pyrrole nitrogens is 1. The van der Waals surface area contributed by atoms with E-state index < -0.39 is 0 Å². The Balaban J connectivity index is 2.18. The summed E-state index contributed by atoms with van der Waals surface area (Å²) in [6, 6.07) is 13.9. The molecule has 1 heterocycles. The molecule has 17 heavy (non-hydrogen) atoms. The Labute approximate surface area is 117 Å². The van der Waals surface area contributed by atoms with Crippen molar-refractivity contribution in [3.8, 4) is 11.4 Å². The summed E-state index contributed by atoms with van der Waals surface area (Å²) < 4.78 is 1.19. The van der Waals surface area contributed by atoms with Crippen molar-refractivity contribution in [3.63, 3.8) is 0 Å². The van der Waals surface area contributed by atoms with E-state index in [1.165, 1.54) is 3.57 Å². The molecule has 2 aromatic carbocycles. The van der Waals surface area contributed by atoms with Crippen LogP contribution in [0.4, 0.5) is 0 Å². The maximum absolute atomic E-state index is 5.95. The van der Waals surface area contributed by atoms with Crippen molar-refractivity contribution in [1.29, 1.82) is 0 Å². The van der Waals surface area contributed by atoms with Gasteiger partial charge in [0.2, 0.25) is 0 Å². The normalized spacial score (nSPS) is 10.9. The van der Waals surface area contributed by atoms with Gasteiger partial charge in [0.05, 0.1) is 11.0 Å². The average Bonchev–Trinajstić information content (AvgIpc) is 2.72. The Morgan fingerprint density at radius 2 is 2.00 bits per heavy atom. The molecule has 3 rings (SSSR count). The molecule has 1 N–H and O–H groups in total. The van der Waals surface area contributed by atoms with E-state index in [0.29, 0.717) is 0 Å². The van der Waals surface area contributed by atoms with E-state index in [1.54, 1.807) is 0 Å².